The van der Waals surface area contributed by atoms with E-state index in [1.807, 2.05) is 12.1 Å². The highest BCUT2D eigenvalue weighted by atomic mass is 16.2. The van der Waals surface area contributed by atoms with Gasteiger partial charge in [-0.2, -0.15) is 5.10 Å². The zero-order valence-corrected chi connectivity index (χ0v) is 11.7. The second-order valence-corrected chi connectivity index (χ2v) is 4.70. The summed E-state index contributed by atoms with van der Waals surface area (Å²) in [4.78, 5) is 22.9. The smallest absolute Gasteiger partial charge is 0.246 e. The van der Waals surface area contributed by atoms with Gasteiger partial charge < -0.3 is 10.6 Å². The number of aromatic amines is 1. The quantitative estimate of drug-likeness (QED) is 0.657. The lowest BCUT2D eigenvalue weighted by molar-refractivity contribution is -0.117. The molecule has 0 spiro atoms. The Morgan fingerprint density at radius 1 is 1.32 bits per heavy atom. The molecule has 9 nitrogen and oxygen atoms in total. The summed E-state index contributed by atoms with van der Waals surface area (Å²) in [5.41, 5.74) is 1.57. The predicted octanol–water partition coefficient (Wildman–Crippen LogP) is 0.751. The summed E-state index contributed by atoms with van der Waals surface area (Å²) in [5, 5.41) is 20.4. The molecule has 22 heavy (non-hydrogen) atoms. The Bertz CT molecular complexity index is 836. The summed E-state index contributed by atoms with van der Waals surface area (Å²) in [6.07, 6.45) is 3.17. The molecular formula is C13H13N7O2. The van der Waals surface area contributed by atoms with Gasteiger partial charge in [-0.1, -0.05) is 5.21 Å². The average molecular weight is 299 g/mol. The fraction of sp³-hybridized carbons (Fsp3) is 0.154. The number of anilines is 2. The van der Waals surface area contributed by atoms with E-state index in [0.29, 0.717) is 11.5 Å². The van der Waals surface area contributed by atoms with E-state index in [4.69, 9.17) is 0 Å². The number of aromatic nitrogens is 5. The van der Waals surface area contributed by atoms with E-state index in [2.05, 4.69) is 31.1 Å². The molecule has 3 rings (SSSR count). The summed E-state index contributed by atoms with van der Waals surface area (Å²) in [6, 6.07) is 5.44. The normalized spacial score (nSPS) is 10.6. The van der Waals surface area contributed by atoms with Gasteiger partial charge in [0.15, 0.2) is 5.82 Å². The number of amides is 2. The van der Waals surface area contributed by atoms with Crippen LogP contribution in [-0.2, 0) is 16.1 Å². The van der Waals surface area contributed by atoms with Crippen molar-refractivity contribution in [1.29, 1.82) is 0 Å². The number of carbonyl (C=O) groups is 2. The van der Waals surface area contributed by atoms with Crippen molar-refractivity contribution in [3.63, 3.8) is 0 Å². The monoisotopic (exact) mass is 299 g/mol. The number of nitrogens with one attached hydrogen (secondary N) is 3. The summed E-state index contributed by atoms with van der Waals surface area (Å²) in [5.74, 6) is -0.188. The van der Waals surface area contributed by atoms with Gasteiger partial charge in [0.05, 0.1) is 17.9 Å². The molecule has 0 aliphatic rings. The van der Waals surface area contributed by atoms with Crippen molar-refractivity contribution in [1.82, 2.24) is 25.2 Å². The lowest BCUT2D eigenvalue weighted by Crippen LogP contribution is -2.19. The van der Waals surface area contributed by atoms with Gasteiger partial charge in [-0.15, -0.1) is 5.10 Å². The molecule has 112 valence electrons. The van der Waals surface area contributed by atoms with Crippen molar-refractivity contribution in [2.24, 2.45) is 0 Å². The van der Waals surface area contributed by atoms with E-state index in [9.17, 15) is 9.59 Å². The highest BCUT2D eigenvalue weighted by molar-refractivity contribution is 5.93. The third kappa shape index (κ3) is 3.08. The molecule has 0 radical (unpaired) electrons. The zero-order valence-electron chi connectivity index (χ0n) is 11.7. The Labute approximate surface area is 124 Å². The molecule has 2 aromatic heterocycles. The minimum absolute atomic E-state index is 0.00396. The molecule has 0 saturated heterocycles. The van der Waals surface area contributed by atoms with Crippen LogP contribution in [0.25, 0.3) is 10.9 Å². The van der Waals surface area contributed by atoms with Crippen molar-refractivity contribution in [3.8, 4) is 0 Å². The van der Waals surface area contributed by atoms with Crippen molar-refractivity contribution in [3.05, 3.63) is 30.6 Å². The Kier molecular flexibility index (Phi) is 3.52. The maximum atomic E-state index is 12.0. The van der Waals surface area contributed by atoms with Crippen molar-refractivity contribution >= 4 is 34.2 Å². The molecule has 0 aliphatic carbocycles. The summed E-state index contributed by atoms with van der Waals surface area (Å²) < 4.78 is 1.34. The highest BCUT2D eigenvalue weighted by Crippen LogP contribution is 2.16. The van der Waals surface area contributed by atoms with E-state index in [1.165, 1.54) is 17.8 Å². The first-order chi connectivity index (χ1) is 10.6. The summed E-state index contributed by atoms with van der Waals surface area (Å²) >= 11 is 0. The van der Waals surface area contributed by atoms with E-state index in [0.717, 1.165) is 10.9 Å². The van der Waals surface area contributed by atoms with Crippen molar-refractivity contribution in [2.45, 2.75) is 13.5 Å². The second kappa shape index (κ2) is 5.64. The van der Waals surface area contributed by atoms with Gasteiger partial charge in [0.2, 0.25) is 11.8 Å². The fourth-order valence-electron chi connectivity index (χ4n) is 1.98. The molecule has 2 heterocycles. The third-order valence-corrected chi connectivity index (χ3v) is 2.87. The fourth-order valence-corrected chi connectivity index (χ4v) is 1.98. The molecule has 0 aliphatic heterocycles. The van der Waals surface area contributed by atoms with Crippen LogP contribution < -0.4 is 10.6 Å². The number of fused-ring (bicyclic) bond motifs is 1. The molecule has 0 unspecified atom stereocenters. The molecule has 3 N–H and O–H groups in total. The van der Waals surface area contributed by atoms with Gasteiger partial charge in [-0.05, 0) is 18.2 Å². The zero-order chi connectivity index (χ0) is 15.5. The number of benzene rings is 1. The van der Waals surface area contributed by atoms with Crippen LogP contribution in [0.2, 0.25) is 0 Å². The Morgan fingerprint density at radius 2 is 2.18 bits per heavy atom. The summed E-state index contributed by atoms with van der Waals surface area (Å²) in [6.45, 7) is 1.37. The lowest BCUT2D eigenvalue weighted by atomic mass is 10.2. The molecule has 2 amide bonds. The maximum absolute atomic E-state index is 12.0. The molecule has 1 aromatic carbocycles. The van der Waals surface area contributed by atoms with Gasteiger partial charge in [0.1, 0.15) is 6.54 Å². The number of rotatable bonds is 4. The van der Waals surface area contributed by atoms with E-state index < -0.39 is 0 Å². The number of H-pyrrole nitrogens is 1. The first-order valence-electron chi connectivity index (χ1n) is 6.51. The van der Waals surface area contributed by atoms with Gasteiger partial charge in [0, 0.05) is 18.0 Å². The predicted molar refractivity (Wildman–Crippen MR) is 79.0 cm³/mol. The molecule has 0 atom stereocenters. The van der Waals surface area contributed by atoms with E-state index >= 15 is 0 Å². The van der Waals surface area contributed by atoms with E-state index in [1.54, 1.807) is 12.3 Å². The van der Waals surface area contributed by atoms with Crippen LogP contribution in [0.1, 0.15) is 6.92 Å². The topological polar surface area (TPSA) is 118 Å². The van der Waals surface area contributed by atoms with Crippen LogP contribution in [0.4, 0.5) is 11.5 Å². The standard InChI is InChI=1S/C13H13N7O2/c1-8(21)15-12-6-20(19-18-12)7-13(22)16-10-2-3-11-9(4-10)5-14-17-11/h2-6H,7H2,1H3,(H,14,17)(H,15,21)(H,16,22). The molecule has 3 aromatic rings. The van der Waals surface area contributed by atoms with Crippen molar-refractivity contribution in [2.75, 3.05) is 10.6 Å². The molecule has 0 bridgehead atoms. The minimum Gasteiger partial charge on any atom is -0.324 e. The largest absolute Gasteiger partial charge is 0.324 e. The number of hydrogen-bond acceptors (Lipinski definition) is 5. The van der Waals surface area contributed by atoms with E-state index in [-0.39, 0.29) is 18.4 Å². The van der Waals surface area contributed by atoms with Crippen molar-refractivity contribution < 1.29 is 9.59 Å². The van der Waals surface area contributed by atoms with Gasteiger partial charge in [0.25, 0.3) is 0 Å². The van der Waals surface area contributed by atoms with Crippen LogP contribution in [0.5, 0.6) is 0 Å². The SMILES string of the molecule is CC(=O)Nc1cn(CC(=O)Nc2ccc3[nH]ncc3c2)nn1. The Hall–Kier alpha value is -3.23. The Morgan fingerprint density at radius 3 is 3.00 bits per heavy atom. The molecular weight excluding hydrogens is 286 g/mol. The highest BCUT2D eigenvalue weighted by Gasteiger charge is 2.08. The molecule has 0 fully saturated rings. The maximum Gasteiger partial charge on any atom is 0.246 e. The third-order valence-electron chi connectivity index (χ3n) is 2.87. The molecule has 0 saturated carbocycles. The van der Waals surface area contributed by atoms with Crippen LogP contribution in [0.15, 0.2) is 30.6 Å². The minimum atomic E-state index is -0.248. The van der Waals surface area contributed by atoms with Crippen LogP contribution in [-0.4, -0.2) is 37.0 Å². The number of nitrogens with zero attached hydrogens (tertiary/aromatic N) is 4. The first kappa shape index (κ1) is 13.7. The molecule has 9 heteroatoms. The van der Waals surface area contributed by atoms with Crippen LogP contribution in [0, 0.1) is 0 Å². The number of carbonyl (C=O) groups excluding carboxylic acids is 2. The number of hydrogen-bond donors (Lipinski definition) is 3. The lowest BCUT2D eigenvalue weighted by Gasteiger charge is -2.04. The van der Waals surface area contributed by atoms with Crippen LogP contribution in [0.3, 0.4) is 0 Å². The van der Waals surface area contributed by atoms with Gasteiger partial charge in [-0.3, -0.25) is 14.7 Å². The first-order valence-corrected chi connectivity index (χ1v) is 6.51. The Balaban J connectivity index is 1.64. The summed E-state index contributed by atoms with van der Waals surface area (Å²) in [7, 11) is 0. The average Bonchev–Trinajstić information content (AvgIpc) is 3.06. The second-order valence-electron chi connectivity index (χ2n) is 4.70. The van der Waals surface area contributed by atoms with Crippen LogP contribution >= 0.6 is 0 Å². The van der Waals surface area contributed by atoms with Gasteiger partial charge in [-0.25, -0.2) is 4.68 Å². The van der Waals surface area contributed by atoms with Gasteiger partial charge >= 0.3 is 0 Å².